The minimum Gasteiger partial charge on any atom is -0.294 e. The molecule has 2 heteroatoms. The zero-order valence-electron chi connectivity index (χ0n) is 26.6. The van der Waals surface area contributed by atoms with Gasteiger partial charge in [-0.05, 0) is 85.9 Å². The summed E-state index contributed by atoms with van der Waals surface area (Å²) in [4.78, 5) is 10.4. The van der Waals surface area contributed by atoms with Gasteiger partial charge in [0.25, 0.3) is 0 Å². The Morgan fingerprint density at radius 2 is 1.03 bits per heavy atom. The number of aliphatic imine (C=N–C) groups is 2. The minimum atomic E-state index is 0.385. The van der Waals surface area contributed by atoms with Crippen LogP contribution < -0.4 is 0 Å². The predicted octanol–water partition coefficient (Wildman–Crippen LogP) is 11.1. The van der Waals surface area contributed by atoms with Crippen LogP contribution in [-0.2, 0) is 0 Å². The summed E-state index contributed by atoms with van der Waals surface area (Å²) in [5, 5.41) is 0. The van der Waals surface area contributed by atoms with Gasteiger partial charge in [0.1, 0.15) is 0 Å². The van der Waals surface area contributed by atoms with Crippen LogP contribution in [0.5, 0.6) is 0 Å². The van der Waals surface area contributed by atoms with E-state index in [4.69, 9.17) is 9.98 Å². The molecule has 1 saturated carbocycles. The molecule has 212 valence electrons. The molecule has 0 saturated heterocycles. The fourth-order valence-electron chi connectivity index (χ4n) is 5.47. The maximum Gasteiger partial charge on any atom is 0.0388 e. The van der Waals surface area contributed by atoms with Gasteiger partial charge >= 0.3 is 0 Å². The summed E-state index contributed by atoms with van der Waals surface area (Å²) in [5.41, 5.74) is 4.19. The van der Waals surface area contributed by atoms with Gasteiger partial charge in [0.15, 0.2) is 0 Å². The van der Waals surface area contributed by atoms with Crippen LogP contribution in [0.25, 0.3) is 0 Å². The quantitative estimate of drug-likeness (QED) is 0.131. The Hall–Kier alpha value is -0.660. The van der Waals surface area contributed by atoms with E-state index >= 15 is 0 Å². The van der Waals surface area contributed by atoms with Crippen LogP contribution >= 0.6 is 0 Å². The molecule has 0 aromatic heterocycles. The van der Waals surface area contributed by atoms with Crippen LogP contribution in [0.4, 0.5) is 0 Å². The Balaban J connectivity index is 2.76. The van der Waals surface area contributed by atoms with Crippen molar-refractivity contribution >= 4 is 11.4 Å². The van der Waals surface area contributed by atoms with E-state index in [2.05, 4.69) is 69.2 Å². The lowest BCUT2D eigenvalue weighted by Gasteiger charge is -2.53. The molecule has 0 amide bonds. The van der Waals surface area contributed by atoms with Crippen molar-refractivity contribution in [2.45, 2.75) is 166 Å². The molecular formula is C34H66N2. The van der Waals surface area contributed by atoms with Crippen molar-refractivity contribution in [1.29, 1.82) is 0 Å². The SMILES string of the molecule is CCCCCCN=C(CCC(C)(C)C)CC1CC(CC(CCC(C)(C)C)=NCCCCCC)C1(C)C. The number of rotatable bonds is 18. The van der Waals surface area contributed by atoms with Crippen LogP contribution in [-0.4, -0.2) is 24.5 Å². The molecule has 1 fully saturated rings. The summed E-state index contributed by atoms with van der Waals surface area (Å²) >= 11 is 0. The highest BCUT2D eigenvalue weighted by Crippen LogP contribution is 2.55. The zero-order valence-corrected chi connectivity index (χ0v) is 26.6. The molecule has 0 aromatic carbocycles. The van der Waals surface area contributed by atoms with Gasteiger partial charge in [-0.15, -0.1) is 0 Å². The van der Waals surface area contributed by atoms with Crippen molar-refractivity contribution in [3.8, 4) is 0 Å². The first-order chi connectivity index (χ1) is 16.8. The van der Waals surface area contributed by atoms with Crippen LogP contribution in [0.3, 0.4) is 0 Å². The Morgan fingerprint density at radius 3 is 1.33 bits per heavy atom. The Kier molecular flexibility index (Phi) is 15.1. The molecule has 2 atom stereocenters. The molecule has 0 aliphatic heterocycles. The van der Waals surface area contributed by atoms with Crippen LogP contribution in [0, 0.1) is 28.1 Å². The second-order valence-electron chi connectivity index (χ2n) is 15.0. The van der Waals surface area contributed by atoms with Gasteiger partial charge in [-0.1, -0.05) is 108 Å². The van der Waals surface area contributed by atoms with Gasteiger partial charge in [-0.3, -0.25) is 9.98 Å². The Labute approximate surface area is 228 Å². The maximum atomic E-state index is 5.19. The van der Waals surface area contributed by atoms with E-state index in [1.54, 1.807) is 0 Å². The third-order valence-electron chi connectivity index (χ3n) is 8.66. The first-order valence-electron chi connectivity index (χ1n) is 15.8. The number of nitrogens with zero attached hydrogens (tertiary/aromatic N) is 2. The van der Waals surface area contributed by atoms with Crippen molar-refractivity contribution in [3.05, 3.63) is 0 Å². The molecule has 0 spiro atoms. The molecular weight excluding hydrogens is 436 g/mol. The first-order valence-corrected chi connectivity index (χ1v) is 15.8. The molecule has 0 N–H and O–H groups in total. The molecule has 1 rings (SSSR count). The summed E-state index contributed by atoms with van der Waals surface area (Å²) < 4.78 is 0. The topological polar surface area (TPSA) is 24.7 Å². The van der Waals surface area contributed by atoms with E-state index < -0.39 is 0 Å². The number of hydrogen-bond donors (Lipinski definition) is 0. The van der Waals surface area contributed by atoms with Crippen molar-refractivity contribution in [3.63, 3.8) is 0 Å². The fraction of sp³-hybridized carbons (Fsp3) is 0.941. The molecule has 1 aliphatic rings. The van der Waals surface area contributed by atoms with E-state index in [1.165, 1.54) is 108 Å². The van der Waals surface area contributed by atoms with Crippen LogP contribution in [0.15, 0.2) is 9.98 Å². The van der Waals surface area contributed by atoms with Gasteiger partial charge in [0.2, 0.25) is 0 Å². The average molecular weight is 503 g/mol. The number of unbranched alkanes of at least 4 members (excludes halogenated alkanes) is 6. The fourth-order valence-corrected chi connectivity index (χ4v) is 5.47. The number of hydrogen-bond acceptors (Lipinski definition) is 2. The highest BCUT2D eigenvalue weighted by Gasteiger charge is 2.48. The third kappa shape index (κ3) is 14.3. The second kappa shape index (κ2) is 16.3. The highest BCUT2D eigenvalue weighted by molar-refractivity contribution is 5.86. The lowest BCUT2D eigenvalue weighted by atomic mass is 9.52. The molecule has 2 unspecified atom stereocenters. The Morgan fingerprint density at radius 1 is 0.639 bits per heavy atom. The second-order valence-corrected chi connectivity index (χ2v) is 15.0. The van der Waals surface area contributed by atoms with Crippen molar-refractivity contribution in [1.82, 2.24) is 0 Å². The largest absolute Gasteiger partial charge is 0.294 e. The van der Waals surface area contributed by atoms with Gasteiger partial charge in [-0.25, -0.2) is 0 Å². The van der Waals surface area contributed by atoms with E-state index in [0.717, 1.165) is 24.9 Å². The normalized spacial score (nSPS) is 21.1. The van der Waals surface area contributed by atoms with E-state index in [0.29, 0.717) is 16.2 Å². The van der Waals surface area contributed by atoms with E-state index in [9.17, 15) is 0 Å². The summed E-state index contributed by atoms with van der Waals surface area (Å²) in [6.45, 7) is 26.0. The maximum absolute atomic E-state index is 5.19. The molecule has 0 radical (unpaired) electrons. The average Bonchev–Trinajstić information content (AvgIpc) is 2.77. The molecule has 2 nitrogen and oxygen atoms in total. The van der Waals surface area contributed by atoms with Crippen LogP contribution in [0.2, 0.25) is 0 Å². The summed E-state index contributed by atoms with van der Waals surface area (Å²) in [7, 11) is 0. The first kappa shape index (κ1) is 33.4. The molecule has 0 bridgehead atoms. The Bertz CT molecular complexity index is 587. The zero-order chi connectivity index (χ0) is 27.2. The summed E-state index contributed by atoms with van der Waals surface area (Å²) in [5.74, 6) is 1.57. The van der Waals surface area contributed by atoms with Crippen molar-refractivity contribution < 1.29 is 0 Å². The van der Waals surface area contributed by atoms with Crippen molar-refractivity contribution in [2.75, 3.05) is 13.1 Å². The lowest BCUT2D eigenvalue weighted by molar-refractivity contribution is -0.0110. The van der Waals surface area contributed by atoms with Gasteiger partial charge in [0, 0.05) is 24.5 Å². The highest BCUT2D eigenvalue weighted by atomic mass is 14.7. The lowest BCUT2D eigenvalue weighted by Crippen LogP contribution is -2.46. The van der Waals surface area contributed by atoms with E-state index in [1.807, 2.05) is 0 Å². The van der Waals surface area contributed by atoms with Gasteiger partial charge in [0.05, 0.1) is 0 Å². The minimum absolute atomic E-state index is 0.385. The van der Waals surface area contributed by atoms with Gasteiger partial charge < -0.3 is 0 Å². The molecule has 1 aliphatic carbocycles. The monoisotopic (exact) mass is 503 g/mol. The summed E-state index contributed by atoms with van der Waals surface area (Å²) in [6, 6.07) is 0. The van der Waals surface area contributed by atoms with Crippen LogP contribution in [0.1, 0.15) is 166 Å². The summed E-state index contributed by atoms with van der Waals surface area (Å²) in [6.07, 6.45) is 19.2. The predicted molar refractivity (Wildman–Crippen MR) is 165 cm³/mol. The third-order valence-corrected chi connectivity index (χ3v) is 8.66. The molecule has 36 heavy (non-hydrogen) atoms. The molecule has 0 aromatic rings. The smallest absolute Gasteiger partial charge is 0.0388 e. The van der Waals surface area contributed by atoms with Crippen molar-refractivity contribution in [2.24, 2.45) is 38.1 Å². The molecule has 0 heterocycles. The van der Waals surface area contributed by atoms with E-state index in [-0.39, 0.29) is 0 Å². The van der Waals surface area contributed by atoms with Gasteiger partial charge in [-0.2, -0.15) is 0 Å². The standard InChI is InChI=1S/C34H66N2/c1-11-13-15-17-23-35-30(19-21-32(3,4)5)26-28-25-29(34(28,9)10)27-31(20-22-33(6,7)8)36-24-18-16-14-12-2/h28-29H,11-27H2,1-10H3.